The van der Waals surface area contributed by atoms with Gasteiger partial charge in [0.2, 0.25) is 5.91 Å². The summed E-state index contributed by atoms with van der Waals surface area (Å²) >= 11 is 0. The van der Waals surface area contributed by atoms with Crippen LogP contribution in [0.5, 0.6) is 0 Å². The number of rotatable bonds is 1. The van der Waals surface area contributed by atoms with E-state index in [0.717, 1.165) is 0 Å². The van der Waals surface area contributed by atoms with E-state index in [1.54, 1.807) is 0 Å². The van der Waals surface area contributed by atoms with Gasteiger partial charge in [0.15, 0.2) is 0 Å². The van der Waals surface area contributed by atoms with Gasteiger partial charge in [-0.2, -0.15) is 0 Å². The summed E-state index contributed by atoms with van der Waals surface area (Å²) in [6.07, 6.45) is 3.10. The van der Waals surface area contributed by atoms with Gasteiger partial charge in [0.1, 0.15) is 0 Å². The number of primary amides is 1. The average molecular weight is 193 g/mol. The van der Waals surface area contributed by atoms with E-state index in [0.29, 0.717) is 30.5 Å². The second-order valence-corrected chi connectivity index (χ2v) is 3.50. The highest BCUT2D eigenvalue weighted by Crippen LogP contribution is 2.20. The van der Waals surface area contributed by atoms with Crippen LogP contribution in [0.4, 0.5) is 0 Å². The Bertz CT molecular complexity index is 424. The van der Waals surface area contributed by atoms with Crippen LogP contribution >= 0.6 is 0 Å². The van der Waals surface area contributed by atoms with Gasteiger partial charge in [0.25, 0.3) is 5.56 Å². The highest BCUT2D eigenvalue weighted by Gasteiger charge is 2.25. The Labute approximate surface area is 80.4 Å². The number of nitrogens with two attached hydrogens (primary N) is 1. The van der Waals surface area contributed by atoms with E-state index in [4.69, 9.17) is 5.73 Å². The number of nitrogens with zero attached hydrogens (tertiary/aromatic N) is 1. The SMILES string of the molecule is NC(=O)C1CCc2c(nc[nH]c2=O)C1. The third-order valence-electron chi connectivity index (χ3n) is 2.62. The van der Waals surface area contributed by atoms with E-state index >= 15 is 0 Å². The van der Waals surface area contributed by atoms with Crippen LogP contribution in [0.25, 0.3) is 0 Å². The maximum atomic E-state index is 11.3. The lowest BCUT2D eigenvalue weighted by molar-refractivity contribution is -0.122. The molecule has 0 saturated heterocycles. The molecule has 1 amide bonds. The third kappa shape index (κ3) is 1.41. The number of amides is 1. The minimum absolute atomic E-state index is 0.0991. The van der Waals surface area contributed by atoms with Gasteiger partial charge in [-0.1, -0.05) is 0 Å². The van der Waals surface area contributed by atoms with Crippen molar-refractivity contribution in [1.82, 2.24) is 9.97 Å². The van der Waals surface area contributed by atoms with Crippen molar-refractivity contribution in [3.8, 4) is 0 Å². The summed E-state index contributed by atoms with van der Waals surface area (Å²) < 4.78 is 0. The van der Waals surface area contributed by atoms with E-state index in [-0.39, 0.29) is 17.4 Å². The highest BCUT2D eigenvalue weighted by atomic mass is 16.1. The first-order valence-corrected chi connectivity index (χ1v) is 4.53. The average Bonchev–Trinajstić information content (AvgIpc) is 2.17. The minimum atomic E-state index is -0.308. The maximum Gasteiger partial charge on any atom is 0.254 e. The molecule has 1 aliphatic carbocycles. The zero-order chi connectivity index (χ0) is 10.1. The summed E-state index contributed by atoms with van der Waals surface area (Å²) in [5, 5.41) is 0. The monoisotopic (exact) mass is 193 g/mol. The molecule has 1 atom stereocenters. The molecule has 0 saturated carbocycles. The Morgan fingerprint density at radius 2 is 2.43 bits per heavy atom. The Kier molecular flexibility index (Phi) is 2.07. The van der Waals surface area contributed by atoms with Crippen LogP contribution in [-0.2, 0) is 17.6 Å². The van der Waals surface area contributed by atoms with Crippen molar-refractivity contribution in [3.63, 3.8) is 0 Å². The topological polar surface area (TPSA) is 88.8 Å². The normalized spacial score (nSPS) is 20.1. The number of hydrogen-bond donors (Lipinski definition) is 2. The lowest BCUT2D eigenvalue weighted by Crippen LogP contribution is -2.32. The number of aromatic nitrogens is 2. The molecule has 1 heterocycles. The van der Waals surface area contributed by atoms with Crippen molar-refractivity contribution in [2.75, 3.05) is 0 Å². The van der Waals surface area contributed by atoms with Gasteiger partial charge < -0.3 is 10.7 Å². The molecule has 1 unspecified atom stereocenters. The van der Waals surface area contributed by atoms with Crippen LogP contribution < -0.4 is 11.3 Å². The van der Waals surface area contributed by atoms with Crippen molar-refractivity contribution in [3.05, 3.63) is 27.9 Å². The number of fused-ring (bicyclic) bond motifs is 1. The minimum Gasteiger partial charge on any atom is -0.369 e. The zero-order valence-corrected chi connectivity index (χ0v) is 7.62. The molecule has 3 N–H and O–H groups in total. The Morgan fingerprint density at radius 3 is 3.14 bits per heavy atom. The summed E-state index contributed by atoms with van der Waals surface area (Å²) in [6.45, 7) is 0. The number of carbonyl (C=O) groups is 1. The second-order valence-electron chi connectivity index (χ2n) is 3.50. The molecule has 0 radical (unpaired) electrons. The van der Waals surface area contributed by atoms with Crippen LogP contribution in [-0.4, -0.2) is 15.9 Å². The molecule has 0 bridgehead atoms. The molecule has 0 spiro atoms. The highest BCUT2D eigenvalue weighted by molar-refractivity contribution is 5.77. The van der Waals surface area contributed by atoms with Gasteiger partial charge >= 0.3 is 0 Å². The predicted octanol–water partition coefficient (Wildman–Crippen LogP) is -0.640. The molecule has 0 aromatic carbocycles. The maximum absolute atomic E-state index is 11.3. The first kappa shape index (κ1) is 8.93. The number of nitrogens with one attached hydrogen (secondary N) is 1. The predicted molar refractivity (Wildman–Crippen MR) is 49.6 cm³/mol. The summed E-state index contributed by atoms with van der Waals surface area (Å²) in [6, 6.07) is 0. The third-order valence-corrected chi connectivity index (χ3v) is 2.62. The second kappa shape index (κ2) is 3.25. The summed E-state index contributed by atoms with van der Waals surface area (Å²) in [5.41, 5.74) is 6.52. The first-order valence-electron chi connectivity index (χ1n) is 4.53. The van der Waals surface area contributed by atoms with Crippen LogP contribution in [0.3, 0.4) is 0 Å². The van der Waals surface area contributed by atoms with Crippen molar-refractivity contribution in [2.45, 2.75) is 19.3 Å². The molecule has 1 aromatic heterocycles. The van der Waals surface area contributed by atoms with E-state index in [2.05, 4.69) is 9.97 Å². The molecule has 14 heavy (non-hydrogen) atoms. The van der Waals surface area contributed by atoms with Gasteiger partial charge in [0, 0.05) is 17.9 Å². The Hall–Kier alpha value is -1.65. The van der Waals surface area contributed by atoms with Crippen molar-refractivity contribution in [2.24, 2.45) is 11.7 Å². The van der Waals surface area contributed by atoms with Crippen LogP contribution in [0.2, 0.25) is 0 Å². The molecule has 0 aliphatic heterocycles. The van der Waals surface area contributed by atoms with Gasteiger partial charge in [0.05, 0.1) is 12.0 Å². The van der Waals surface area contributed by atoms with Crippen molar-refractivity contribution >= 4 is 5.91 Å². The van der Waals surface area contributed by atoms with E-state index < -0.39 is 0 Å². The fourth-order valence-electron chi connectivity index (χ4n) is 1.80. The lowest BCUT2D eigenvalue weighted by Gasteiger charge is -2.19. The molecule has 0 fully saturated rings. The standard InChI is InChI=1S/C9H11N3O2/c10-8(13)5-1-2-6-7(3-5)11-4-12-9(6)14/h4-5H,1-3H2,(H2,10,13)(H,11,12,14). The number of aromatic amines is 1. The fourth-order valence-corrected chi connectivity index (χ4v) is 1.80. The Balaban J connectivity index is 2.36. The first-order chi connectivity index (χ1) is 6.68. The molecule has 1 aromatic rings. The molecular formula is C9H11N3O2. The molecule has 5 nitrogen and oxygen atoms in total. The summed E-state index contributed by atoms with van der Waals surface area (Å²) in [5.74, 6) is -0.477. The van der Waals surface area contributed by atoms with Gasteiger partial charge in [-0.05, 0) is 12.8 Å². The quantitative estimate of drug-likeness (QED) is 0.621. The lowest BCUT2D eigenvalue weighted by atomic mass is 9.87. The largest absolute Gasteiger partial charge is 0.369 e. The molecule has 74 valence electrons. The summed E-state index contributed by atoms with van der Waals surface area (Å²) in [4.78, 5) is 28.9. The van der Waals surface area contributed by atoms with Gasteiger partial charge in [-0.3, -0.25) is 9.59 Å². The van der Waals surface area contributed by atoms with Crippen LogP contribution in [0.15, 0.2) is 11.1 Å². The number of hydrogen-bond acceptors (Lipinski definition) is 3. The fraction of sp³-hybridized carbons (Fsp3) is 0.444. The van der Waals surface area contributed by atoms with Gasteiger partial charge in [-0.15, -0.1) is 0 Å². The van der Waals surface area contributed by atoms with E-state index in [1.807, 2.05) is 0 Å². The molecular weight excluding hydrogens is 182 g/mol. The smallest absolute Gasteiger partial charge is 0.254 e. The van der Waals surface area contributed by atoms with E-state index in [9.17, 15) is 9.59 Å². The van der Waals surface area contributed by atoms with E-state index in [1.165, 1.54) is 6.33 Å². The summed E-state index contributed by atoms with van der Waals surface area (Å²) in [7, 11) is 0. The van der Waals surface area contributed by atoms with Gasteiger partial charge in [-0.25, -0.2) is 4.98 Å². The van der Waals surface area contributed by atoms with Crippen molar-refractivity contribution in [1.29, 1.82) is 0 Å². The Morgan fingerprint density at radius 1 is 1.64 bits per heavy atom. The molecule has 2 rings (SSSR count). The molecule has 5 heteroatoms. The van der Waals surface area contributed by atoms with Crippen LogP contribution in [0.1, 0.15) is 17.7 Å². The molecule has 1 aliphatic rings. The number of H-pyrrole nitrogens is 1. The van der Waals surface area contributed by atoms with Crippen LogP contribution in [0, 0.1) is 5.92 Å². The van der Waals surface area contributed by atoms with Crippen molar-refractivity contribution < 1.29 is 4.79 Å². The number of carbonyl (C=O) groups excluding carboxylic acids is 1. The zero-order valence-electron chi connectivity index (χ0n) is 7.62.